The lowest BCUT2D eigenvalue weighted by molar-refractivity contribution is -0.133. The second-order valence-corrected chi connectivity index (χ2v) is 8.90. The topological polar surface area (TPSA) is 98.8 Å². The van der Waals surface area contributed by atoms with Gasteiger partial charge in [0.25, 0.3) is 0 Å². The summed E-state index contributed by atoms with van der Waals surface area (Å²) >= 11 is 0. The summed E-state index contributed by atoms with van der Waals surface area (Å²) in [5.41, 5.74) is 0. The first kappa shape index (κ1) is 23.2. The molecule has 0 aliphatic carbocycles. The molecule has 1 unspecified atom stereocenters. The van der Waals surface area contributed by atoms with Crippen molar-refractivity contribution in [3.8, 4) is 0 Å². The van der Waals surface area contributed by atoms with E-state index in [1.54, 1.807) is 4.90 Å². The molecule has 10 heteroatoms. The number of nitrogens with one attached hydrogen (secondary N) is 2. The Morgan fingerprint density at radius 1 is 1.14 bits per heavy atom. The standard InChI is InChI=1S/C19H29FN4O4S/c1-3-15(2)22-18(25)14-23-10-12-24(13-11-23)19(26)8-9-21-29(27,28)17-6-4-16(20)5-7-17/h4-7,15,21H,3,8-14H2,1-2H3,(H,22,25). The molecule has 2 N–H and O–H groups in total. The van der Waals surface area contributed by atoms with Crippen molar-refractivity contribution in [3.05, 3.63) is 30.1 Å². The fourth-order valence-corrected chi connectivity index (χ4v) is 3.96. The van der Waals surface area contributed by atoms with Crippen molar-refractivity contribution in [2.75, 3.05) is 39.3 Å². The molecule has 0 spiro atoms. The van der Waals surface area contributed by atoms with Gasteiger partial charge in [-0.3, -0.25) is 14.5 Å². The monoisotopic (exact) mass is 428 g/mol. The Balaban J connectivity index is 1.71. The highest BCUT2D eigenvalue weighted by Gasteiger charge is 2.23. The van der Waals surface area contributed by atoms with Crippen LogP contribution in [-0.2, 0) is 19.6 Å². The maximum absolute atomic E-state index is 12.9. The number of rotatable bonds is 9. The van der Waals surface area contributed by atoms with E-state index >= 15 is 0 Å². The summed E-state index contributed by atoms with van der Waals surface area (Å²) in [6, 6.07) is 4.64. The summed E-state index contributed by atoms with van der Waals surface area (Å²) in [7, 11) is -3.78. The van der Waals surface area contributed by atoms with Gasteiger partial charge in [0.1, 0.15) is 5.82 Å². The quantitative estimate of drug-likeness (QED) is 0.599. The second-order valence-electron chi connectivity index (χ2n) is 7.14. The SMILES string of the molecule is CCC(C)NC(=O)CN1CCN(C(=O)CCNS(=O)(=O)c2ccc(F)cc2)CC1. The Kier molecular flexibility index (Phi) is 8.54. The van der Waals surface area contributed by atoms with Crippen LogP contribution in [0.2, 0.25) is 0 Å². The number of nitrogens with zero attached hydrogens (tertiary/aromatic N) is 2. The molecular weight excluding hydrogens is 399 g/mol. The predicted octanol–water partition coefficient (Wildman–Crippen LogP) is 0.553. The number of sulfonamides is 1. The van der Waals surface area contributed by atoms with Gasteiger partial charge >= 0.3 is 0 Å². The number of halogens is 1. The summed E-state index contributed by atoms with van der Waals surface area (Å²) in [6.45, 7) is 6.44. The van der Waals surface area contributed by atoms with Gasteiger partial charge in [0, 0.05) is 45.2 Å². The van der Waals surface area contributed by atoms with Crippen molar-refractivity contribution in [2.24, 2.45) is 0 Å². The molecule has 0 saturated carbocycles. The molecule has 2 amide bonds. The fourth-order valence-electron chi connectivity index (χ4n) is 2.93. The van der Waals surface area contributed by atoms with E-state index in [0.717, 1.165) is 18.6 Å². The first-order valence-corrected chi connectivity index (χ1v) is 11.2. The Labute approximate surface area is 171 Å². The highest BCUT2D eigenvalue weighted by molar-refractivity contribution is 7.89. The average molecular weight is 429 g/mol. The van der Waals surface area contributed by atoms with Crippen LogP contribution in [0.1, 0.15) is 26.7 Å². The molecule has 162 valence electrons. The van der Waals surface area contributed by atoms with Crippen molar-refractivity contribution in [3.63, 3.8) is 0 Å². The molecule has 29 heavy (non-hydrogen) atoms. The molecule has 1 heterocycles. The van der Waals surface area contributed by atoms with Crippen LogP contribution in [0.15, 0.2) is 29.2 Å². The van der Waals surface area contributed by atoms with E-state index in [0.29, 0.717) is 32.7 Å². The second kappa shape index (κ2) is 10.7. The maximum atomic E-state index is 12.9. The molecular formula is C19H29FN4O4S. The van der Waals surface area contributed by atoms with Gasteiger partial charge in [-0.15, -0.1) is 0 Å². The van der Waals surface area contributed by atoms with Crippen LogP contribution >= 0.6 is 0 Å². The number of carbonyl (C=O) groups is 2. The zero-order valence-electron chi connectivity index (χ0n) is 16.9. The van der Waals surface area contributed by atoms with E-state index in [-0.39, 0.29) is 35.7 Å². The highest BCUT2D eigenvalue weighted by Crippen LogP contribution is 2.10. The van der Waals surface area contributed by atoms with E-state index < -0.39 is 15.8 Å². The minimum atomic E-state index is -3.78. The number of amides is 2. The Morgan fingerprint density at radius 3 is 2.34 bits per heavy atom. The van der Waals surface area contributed by atoms with Crippen LogP contribution in [0.4, 0.5) is 4.39 Å². The van der Waals surface area contributed by atoms with Crippen LogP contribution in [0.5, 0.6) is 0 Å². The largest absolute Gasteiger partial charge is 0.353 e. The Hall–Kier alpha value is -2.04. The molecule has 1 aromatic carbocycles. The van der Waals surface area contributed by atoms with Crippen LogP contribution in [0, 0.1) is 5.82 Å². The van der Waals surface area contributed by atoms with Gasteiger partial charge in [0.05, 0.1) is 11.4 Å². The van der Waals surface area contributed by atoms with Crippen LogP contribution in [0.3, 0.4) is 0 Å². The molecule has 8 nitrogen and oxygen atoms in total. The lowest BCUT2D eigenvalue weighted by Crippen LogP contribution is -2.52. The van der Waals surface area contributed by atoms with Gasteiger partial charge in [0.2, 0.25) is 21.8 Å². The number of hydrogen-bond acceptors (Lipinski definition) is 5. The van der Waals surface area contributed by atoms with Gasteiger partial charge < -0.3 is 10.2 Å². The maximum Gasteiger partial charge on any atom is 0.240 e. The van der Waals surface area contributed by atoms with Crippen LogP contribution < -0.4 is 10.0 Å². The number of benzene rings is 1. The summed E-state index contributed by atoms with van der Waals surface area (Å²) in [5, 5.41) is 2.92. The molecule has 1 fully saturated rings. The van der Waals surface area contributed by atoms with Gasteiger partial charge in [-0.2, -0.15) is 0 Å². The smallest absolute Gasteiger partial charge is 0.240 e. The lowest BCUT2D eigenvalue weighted by atomic mass is 10.2. The molecule has 1 aliphatic heterocycles. The average Bonchev–Trinajstić information content (AvgIpc) is 2.68. The third-order valence-corrected chi connectivity index (χ3v) is 6.34. The Morgan fingerprint density at radius 2 is 1.76 bits per heavy atom. The molecule has 1 aromatic rings. The third kappa shape index (κ3) is 7.37. The summed E-state index contributed by atoms with van der Waals surface area (Å²) in [5.74, 6) is -0.680. The molecule has 1 atom stereocenters. The molecule has 0 bridgehead atoms. The summed E-state index contributed by atoms with van der Waals surface area (Å²) in [6.07, 6.45) is 0.911. The fraction of sp³-hybridized carbons (Fsp3) is 0.579. The zero-order chi connectivity index (χ0) is 21.4. The van der Waals surface area contributed by atoms with Crippen LogP contribution in [0.25, 0.3) is 0 Å². The normalized spacial score (nSPS) is 16.4. The van der Waals surface area contributed by atoms with E-state index in [2.05, 4.69) is 10.0 Å². The number of hydrogen-bond donors (Lipinski definition) is 2. The summed E-state index contributed by atoms with van der Waals surface area (Å²) < 4.78 is 39.6. The molecule has 0 aromatic heterocycles. The molecule has 0 radical (unpaired) electrons. The van der Waals surface area contributed by atoms with Crippen molar-refractivity contribution < 1.29 is 22.4 Å². The minimum absolute atomic E-state index is 0.0191. The van der Waals surface area contributed by atoms with Gasteiger partial charge in [-0.1, -0.05) is 6.92 Å². The van der Waals surface area contributed by atoms with Crippen LogP contribution in [-0.4, -0.2) is 75.3 Å². The zero-order valence-corrected chi connectivity index (χ0v) is 17.7. The first-order chi connectivity index (χ1) is 13.7. The van der Waals surface area contributed by atoms with E-state index in [9.17, 15) is 22.4 Å². The van der Waals surface area contributed by atoms with Gasteiger partial charge in [-0.25, -0.2) is 17.5 Å². The molecule has 1 aliphatic rings. The molecule has 2 rings (SSSR count). The molecule has 1 saturated heterocycles. The van der Waals surface area contributed by atoms with Crippen molar-refractivity contribution in [2.45, 2.75) is 37.6 Å². The number of piperazine rings is 1. The van der Waals surface area contributed by atoms with E-state index in [4.69, 9.17) is 0 Å². The van der Waals surface area contributed by atoms with Gasteiger partial charge in [-0.05, 0) is 37.6 Å². The number of carbonyl (C=O) groups excluding carboxylic acids is 2. The van der Waals surface area contributed by atoms with E-state index in [1.807, 2.05) is 18.7 Å². The van der Waals surface area contributed by atoms with E-state index in [1.165, 1.54) is 12.1 Å². The first-order valence-electron chi connectivity index (χ1n) is 9.76. The predicted molar refractivity (Wildman–Crippen MR) is 107 cm³/mol. The van der Waals surface area contributed by atoms with Crippen molar-refractivity contribution >= 4 is 21.8 Å². The van der Waals surface area contributed by atoms with Gasteiger partial charge in [0.15, 0.2) is 0 Å². The Bertz CT molecular complexity index is 793. The summed E-state index contributed by atoms with van der Waals surface area (Å²) in [4.78, 5) is 27.9. The lowest BCUT2D eigenvalue weighted by Gasteiger charge is -2.34. The third-order valence-electron chi connectivity index (χ3n) is 4.87. The van der Waals surface area contributed by atoms with Crippen molar-refractivity contribution in [1.82, 2.24) is 19.8 Å². The highest BCUT2D eigenvalue weighted by atomic mass is 32.2. The van der Waals surface area contributed by atoms with Crippen molar-refractivity contribution in [1.29, 1.82) is 0 Å². The minimum Gasteiger partial charge on any atom is -0.353 e.